The second-order valence-electron chi connectivity index (χ2n) is 6.13. The van der Waals surface area contributed by atoms with Crippen LogP contribution < -0.4 is 0 Å². The third kappa shape index (κ3) is 3.43. The molecule has 3 heterocycles. The Hall–Kier alpha value is -1.43. The molecule has 1 atom stereocenters. The Bertz CT molecular complexity index is 488. The van der Waals surface area contributed by atoms with Crippen molar-refractivity contribution in [1.82, 2.24) is 19.9 Å². The van der Waals surface area contributed by atoms with Gasteiger partial charge in [-0.2, -0.15) is 4.98 Å². The van der Waals surface area contributed by atoms with Gasteiger partial charge in [0.25, 0.3) is 0 Å². The molecule has 2 aliphatic heterocycles. The molecule has 0 bridgehead atoms. The molecule has 0 N–H and O–H groups in total. The quantitative estimate of drug-likeness (QED) is 0.846. The van der Waals surface area contributed by atoms with Crippen LogP contribution in [0, 0.1) is 0 Å². The number of hydrogen-bond donors (Lipinski definition) is 0. The van der Waals surface area contributed by atoms with Crippen LogP contribution in [0.5, 0.6) is 0 Å². The zero-order valence-corrected chi connectivity index (χ0v) is 12.8. The normalized spacial score (nSPS) is 24.5. The van der Waals surface area contributed by atoms with Gasteiger partial charge in [-0.25, -0.2) is 0 Å². The van der Waals surface area contributed by atoms with Crippen molar-refractivity contribution in [3.05, 3.63) is 11.7 Å². The lowest BCUT2D eigenvalue weighted by Gasteiger charge is -2.21. The molecule has 0 spiro atoms. The lowest BCUT2D eigenvalue weighted by atomic mass is 10.1. The van der Waals surface area contributed by atoms with Crippen LogP contribution in [-0.4, -0.2) is 52.5 Å². The fraction of sp³-hybridized carbons (Fsp3) is 0.800. The fourth-order valence-corrected chi connectivity index (χ4v) is 3.24. The molecule has 1 aromatic heterocycles. The predicted molar refractivity (Wildman–Crippen MR) is 77.7 cm³/mol. The highest BCUT2D eigenvalue weighted by molar-refractivity contribution is 5.78. The first-order valence-electron chi connectivity index (χ1n) is 8.04. The Labute approximate surface area is 125 Å². The van der Waals surface area contributed by atoms with Gasteiger partial charge in [-0.1, -0.05) is 18.0 Å². The molecule has 0 aliphatic carbocycles. The minimum absolute atomic E-state index is 0.252. The van der Waals surface area contributed by atoms with Crippen molar-refractivity contribution in [3.63, 3.8) is 0 Å². The summed E-state index contributed by atoms with van der Waals surface area (Å²) in [6, 6.07) is 0.252. The Morgan fingerprint density at radius 3 is 2.95 bits per heavy atom. The van der Waals surface area contributed by atoms with Crippen molar-refractivity contribution < 1.29 is 9.32 Å². The van der Waals surface area contributed by atoms with Crippen molar-refractivity contribution in [1.29, 1.82) is 0 Å². The van der Waals surface area contributed by atoms with E-state index in [1.54, 1.807) is 0 Å². The summed E-state index contributed by atoms with van der Waals surface area (Å²) >= 11 is 0. The molecule has 2 aliphatic rings. The Balaban J connectivity index is 1.58. The molecule has 0 saturated carbocycles. The van der Waals surface area contributed by atoms with Gasteiger partial charge in [-0.15, -0.1) is 0 Å². The molecule has 0 radical (unpaired) electrons. The van der Waals surface area contributed by atoms with Crippen LogP contribution >= 0.6 is 0 Å². The molecule has 2 saturated heterocycles. The molecule has 21 heavy (non-hydrogen) atoms. The number of carbonyl (C=O) groups is 1. The summed E-state index contributed by atoms with van der Waals surface area (Å²) in [7, 11) is 2.13. The zero-order chi connectivity index (χ0) is 14.7. The van der Waals surface area contributed by atoms with Crippen LogP contribution in [0.1, 0.15) is 56.3 Å². The van der Waals surface area contributed by atoms with E-state index in [0.717, 1.165) is 37.6 Å². The summed E-state index contributed by atoms with van der Waals surface area (Å²) in [5.41, 5.74) is 0. The van der Waals surface area contributed by atoms with Crippen LogP contribution in [0.25, 0.3) is 0 Å². The number of nitrogens with zero attached hydrogens (tertiary/aromatic N) is 4. The average molecular weight is 292 g/mol. The van der Waals surface area contributed by atoms with E-state index in [9.17, 15) is 4.79 Å². The van der Waals surface area contributed by atoms with Gasteiger partial charge in [0.05, 0.1) is 6.04 Å². The number of carbonyl (C=O) groups excluding carboxylic acids is 1. The number of aromatic nitrogens is 2. The molecule has 3 rings (SSSR count). The molecule has 6 nitrogen and oxygen atoms in total. The van der Waals surface area contributed by atoms with E-state index in [0.29, 0.717) is 19.4 Å². The lowest BCUT2D eigenvalue weighted by Crippen LogP contribution is -2.27. The van der Waals surface area contributed by atoms with Crippen molar-refractivity contribution >= 4 is 5.91 Å². The van der Waals surface area contributed by atoms with Crippen LogP contribution in [-0.2, 0) is 11.2 Å². The Morgan fingerprint density at radius 1 is 1.24 bits per heavy atom. The molecule has 2 fully saturated rings. The van der Waals surface area contributed by atoms with Crippen molar-refractivity contribution in [2.24, 2.45) is 0 Å². The molecule has 1 aromatic rings. The van der Waals surface area contributed by atoms with Crippen molar-refractivity contribution in [2.75, 3.05) is 26.7 Å². The second kappa shape index (κ2) is 6.56. The van der Waals surface area contributed by atoms with E-state index >= 15 is 0 Å². The number of likely N-dealkylation sites (tertiary alicyclic amines) is 2. The van der Waals surface area contributed by atoms with E-state index in [2.05, 4.69) is 22.1 Å². The number of rotatable bonds is 4. The first kappa shape index (κ1) is 14.5. The van der Waals surface area contributed by atoms with Gasteiger partial charge < -0.3 is 9.42 Å². The minimum Gasteiger partial charge on any atom is -0.342 e. The average Bonchev–Trinajstić information content (AvgIpc) is 3.04. The first-order valence-corrected chi connectivity index (χ1v) is 8.04. The van der Waals surface area contributed by atoms with Gasteiger partial charge in [0.1, 0.15) is 0 Å². The molecule has 0 unspecified atom stereocenters. The summed E-state index contributed by atoms with van der Waals surface area (Å²) in [4.78, 5) is 20.3. The van der Waals surface area contributed by atoms with Crippen LogP contribution in [0.15, 0.2) is 4.52 Å². The monoisotopic (exact) mass is 292 g/mol. The number of amides is 1. The first-order chi connectivity index (χ1) is 10.2. The molecular formula is C15H24N4O2. The maximum Gasteiger partial charge on any atom is 0.243 e. The largest absolute Gasteiger partial charge is 0.342 e. The summed E-state index contributed by atoms with van der Waals surface area (Å²) in [5.74, 6) is 1.71. The summed E-state index contributed by atoms with van der Waals surface area (Å²) in [5, 5.41) is 4.09. The molecule has 0 aromatic carbocycles. The van der Waals surface area contributed by atoms with E-state index in [1.807, 2.05) is 4.90 Å². The van der Waals surface area contributed by atoms with Gasteiger partial charge in [0, 0.05) is 25.9 Å². The highest BCUT2D eigenvalue weighted by Crippen LogP contribution is 2.27. The third-order valence-electron chi connectivity index (χ3n) is 4.57. The Kier molecular flexibility index (Phi) is 4.53. The SMILES string of the molecule is CN1CCCCC[C@@H]1c1nc(CCN2CCCC2=O)no1. The highest BCUT2D eigenvalue weighted by Gasteiger charge is 2.25. The fourth-order valence-electron chi connectivity index (χ4n) is 3.24. The zero-order valence-electron chi connectivity index (χ0n) is 12.8. The highest BCUT2D eigenvalue weighted by atomic mass is 16.5. The van der Waals surface area contributed by atoms with Gasteiger partial charge in [-0.05, 0) is 32.9 Å². The molecule has 116 valence electrons. The Morgan fingerprint density at radius 2 is 2.14 bits per heavy atom. The maximum atomic E-state index is 11.6. The third-order valence-corrected chi connectivity index (χ3v) is 4.57. The van der Waals surface area contributed by atoms with Crippen LogP contribution in [0.3, 0.4) is 0 Å². The topological polar surface area (TPSA) is 62.5 Å². The van der Waals surface area contributed by atoms with E-state index in [1.165, 1.54) is 19.3 Å². The minimum atomic E-state index is 0.252. The van der Waals surface area contributed by atoms with Gasteiger partial charge in [0.15, 0.2) is 5.82 Å². The summed E-state index contributed by atoms with van der Waals surface area (Å²) in [6.45, 7) is 2.66. The van der Waals surface area contributed by atoms with Crippen LogP contribution in [0.2, 0.25) is 0 Å². The molecule has 1 amide bonds. The van der Waals surface area contributed by atoms with Crippen LogP contribution in [0.4, 0.5) is 0 Å². The predicted octanol–water partition coefficient (Wildman–Crippen LogP) is 1.78. The molecule has 6 heteroatoms. The van der Waals surface area contributed by atoms with Crippen molar-refractivity contribution in [3.8, 4) is 0 Å². The summed E-state index contributed by atoms with van der Waals surface area (Å²) in [6.07, 6.45) is 7.17. The smallest absolute Gasteiger partial charge is 0.243 e. The van der Waals surface area contributed by atoms with E-state index in [-0.39, 0.29) is 11.9 Å². The van der Waals surface area contributed by atoms with E-state index < -0.39 is 0 Å². The lowest BCUT2D eigenvalue weighted by molar-refractivity contribution is -0.127. The number of hydrogen-bond acceptors (Lipinski definition) is 5. The van der Waals surface area contributed by atoms with Gasteiger partial charge >= 0.3 is 0 Å². The summed E-state index contributed by atoms with van der Waals surface area (Å²) < 4.78 is 5.47. The van der Waals surface area contributed by atoms with E-state index in [4.69, 9.17) is 4.52 Å². The van der Waals surface area contributed by atoms with Crippen molar-refractivity contribution in [2.45, 2.75) is 51.0 Å². The second-order valence-corrected chi connectivity index (χ2v) is 6.13. The maximum absolute atomic E-state index is 11.6. The standard InChI is InChI=1S/C15H24N4O2/c1-18-9-4-2-3-6-12(18)15-16-13(17-21-15)8-11-19-10-5-7-14(19)20/h12H,2-11H2,1H3/t12-/m1/s1. The molecular weight excluding hydrogens is 268 g/mol. The van der Waals surface area contributed by atoms with Gasteiger partial charge in [0.2, 0.25) is 11.8 Å². The van der Waals surface area contributed by atoms with Gasteiger partial charge in [-0.3, -0.25) is 9.69 Å².